The molecule has 7 nitrogen and oxygen atoms in total. The van der Waals surface area contributed by atoms with Gasteiger partial charge in [-0.15, -0.1) is 5.10 Å². The van der Waals surface area contributed by atoms with Gasteiger partial charge in [0.05, 0.1) is 18.2 Å². The van der Waals surface area contributed by atoms with Crippen LogP contribution >= 0.6 is 11.8 Å². The maximum Gasteiger partial charge on any atom is 0.264 e. The third kappa shape index (κ3) is 5.70. The van der Waals surface area contributed by atoms with E-state index in [0.717, 1.165) is 41.3 Å². The van der Waals surface area contributed by atoms with Crippen molar-refractivity contribution >= 4 is 46.5 Å². The number of amides is 1. The summed E-state index contributed by atoms with van der Waals surface area (Å²) in [4.78, 5) is 17.2. The van der Waals surface area contributed by atoms with E-state index in [4.69, 9.17) is 4.74 Å². The Morgan fingerprint density at radius 2 is 1.75 bits per heavy atom. The monoisotopic (exact) mass is 451 g/mol. The second-order valence-corrected chi connectivity index (χ2v) is 8.33. The molecule has 0 spiro atoms. The van der Waals surface area contributed by atoms with Crippen LogP contribution in [0.2, 0.25) is 0 Å². The van der Waals surface area contributed by atoms with Gasteiger partial charge in [0, 0.05) is 50.2 Å². The molecule has 32 heavy (non-hydrogen) atoms. The molecule has 0 atom stereocenters. The number of methoxy groups -OCH3 is 1. The quantitative estimate of drug-likeness (QED) is 0.370. The molecular weight excluding hydrogens is 422 g/mol. The Morgan fingerprint density at radius 3 is 2.38 bits per heavy atom. The van der Waals surface area contributed by atoms with E-state index in [1.807, 2.05) is 67.5 Å². The standard InChI is InChI=1S/C24H29N5O2S/c1-6-29(7-2)20-13-10-18(21(15-20)31-5)14-22-23(30)26-24(32-22)27-25-16-17-8-11-19(12-9-17)28(3)4/h8-16H,6-7H2,1-5H3,(H,26,27,30)/b22-14+,25-16+. The molecule has 0 radical (unpaired) electrons. The average molecular weight is 452 g/mol. The van der Waals surface area contributed by atoms with Crippen molar-refractivity contribution in [2.75, 3.05) is 44.1 Å². The van der Waals surface area contributed by atoms with Crippen molar-refractivity contribution in [3.05, 3.63) is 58.5 Å². The van der Waals surface area contributed by atoms with Crippen molar-refractivity contribution in [3.63, 3.8) is 0 Å². The lowest BCUT2D eigenvalue weighted by atomic mass is 10.1. The summed E-state index contributed by atoms with van der Waals surface area (Å²) in [5.41, 5.74) is 3.98. The zero-order valence-corrected chi connectivity index (χ0v) is 19.9. The number of amidine groups is 1. The van der Waals surface area contributed by atoms with Crippen LogP contribution in [0.4, 0.5) is 11.4 Å². The first-order valence-electron chi connectivity index (χ1n) is 10.5. The molecule has 3 rings (SSSR count). The summed E-state index contributed by atoms with van der Waals surface area (Å²) in [7, 11) is 5.63. The fraction of sp³-hybridized carbons (Fsp3) is 0.292. The van der Waals surface area contributed by atoms with Crippen LogP contribution in [0, 0.1) is 0 Å². The molecule has 1 fully saturated rings. The summed E-state index contributed by atoms with van der Waals surface area (Å²) in [5, 5.41) is 11.5. The molecular formula is C24H29N5O2S. The van der Waals surface area contributed by atoms with Crippen LogP contribution in [0.25, 0.3) is 6.08 Å². The van der Waals surface area contributed by atoms with E-state index < -0.39 is 0 Å². The number of carbonyl (C=O) groups is 1. The lowest BCUT2D eigenvalue weighted by Gasteiger charge is -2.22. The van der Waals surface area contributed by atoms with Gasteiger partial charge in [0.2, 0.25) is 0 Å². The highest BCUT2D eigenvalue weighted by atomic mass is 32.2. The number of nitrogens with zero attached hydrogens (tertiary/aromatic N) is 4. The van der Waals surface area contributed by atoms with Crippen LogP contribution in [0.15, 0.2) is 57.6 Å². The molecule has 0 bridgehead atoms. The van der Waals surface area contributed by atoms with E-state index in [0.29, 0.717) is 10.1 Å². The minimum Gasteiger partial charge on any atom is -0.496 e. The van der Waals surface area contributed by atoms with Crippen LogP contribution in [0.5, 0.6) is 5.75 Å². The van der Waals surface area contributed by atoms with Gasteiger partial charge in [-0.3, -0.25) is 10.1 Å². The Balaban J connectivity index is 1.73. The molecule has 0 aromatic heterocycles. The lowest BCUT2D eigenvalue weighted by Crippen LogP contribution is -2.21. The van der Waals surface area contributed by atoms with Crippen molar-refractivity contribution in [2.45, 2.75) is 13.8 Å². The van der Waals surface area contributed by atoms with Crippen molar-refractivity contribution in [1.29, 1.82) is 0 Å². The van der Waals surface area contributed by atoms with Crippen LogP contribution in [-0.2, 0) is 4.79 Å². The van der Waals surface area contributed by atoms with Crippen molar-refractivity contribution in [3.8, 4) is 5.75 Å². The third-order valence-corrected chi connectivity index (χ3v) is 5.95. The first-order valence-corrected chi connectivity index (χ1v) is 11.3. The smallest absolute Gasteiger partial charge is 0.264 e. The molecule has 0 unspecified atom stereocenters. The number of thioether (sulfide) groups is 1. The lowest BCUT2D eigenvalue weighted by molar-refractivity contribution is -0.115. The molecule has 1 N–H and O–H groups in total. The summed E-state index contributed by atoms with van der Waals surface area (Å²) >= 11 is 1.26. The first-order chi connectivity index (χ1) is 15.4. The van der Waals surface area contributed by atoms with E-state index >= 15 is 0 Å². The molecule has 2 aromatic rings. The van der Waals surface area contributed by atoms with Gasteiger partial charge in [-0.1, -0.05) is 12.1 Å². The SMILES string of the molecule is CCN(CC)c1ccc(/C=C2/S/C(=N/N=C/c3ccc(N(C)C)cc3)NC2=O)c(OC)c1. The molecule has 0 saturated carbocycles. The molecule has 1 aliphatic rings. The average Bonchev–Trinajstić information content (AvgIpc) is 3.14. The fourth-order valence-electron chi connectivity index (χ4n) is 3.23. The Bertz CT molecular complexity index is 1040. The van der Waals surface area contributed by atoms with Crippen molar-refractivity contribution in [1.82, 2.24) is 5.32 Å². The van der Waals surface area contributed by atoms with E-state index in [-0.39, 0.29) is 5.91 Å². The highest BCUT2D eigenvalue weighted by molar-refractivity contribution is 8.18. The van der Waals surface area contributed by atoms with Crippen molar-refractivity contribution in [2.24, 2.45) is 10.2 Å². The third-order valence-electron chi connectivity index (χ3n) is 5.05. The minimum atomic E-state index is -0.200. The van der Waals surface area contributed by atoms with Gasteiger partial charge in [0.15, 0.2) is 5.17 Å². The summed E-state index contributed by atoms with van der Waals surface area (Å²) in [6.45, 7) is 6.07. The second-order valence-electron chi connectivity index (χ2n) is 7.30. The Hall–Kier alpha value is -3.26. The molecule has 1 heterocycles. The minimum absolute atomic E-state index is 0.200. The number of carbonyl (C=O) groups excluding carboxylic acids is 1. The van der Waals surface area contributed by atoms with Gasteiger partial charge < -0.3 is 14.5 Å². The molecule has 1 saturated heterocycles. The number of hydrogen-bond donors (Lipinski definition) is 1. The zero-order valence-electron chi connectivity index (χ0n) is 19.1. The van der Waals surface area contributed by atoms with Gasteiger partial charge in [0.25, 0.3) is 5.91 Å². The molecule has 168 valence electrons. The summed E-state index contributed by atoms with van der Waals surface area (Å²) in [6, 6.07) is 14.0. The molecule has 2 aromatic carbocycles. The second kappa shape index (κ2) is 10.9. The molecule has 8 heteroatoms. The number of ether oxygens (including phenoxy) is 1. The zero-order chi connectivity index (χ0) is 23.1. The summed E-state index contributed by atoms with van der Waals surface area (Å²) in [6.07, 6.45) is 3.48. The highest BCUT2D eigenvalue weighted by Crippen LogP contribution is 2.31. The van der Waals surface area contributed by atoms with Gasteiger partial charge in [-0.2, -0.15) is 5.10 Å². The fourth-order valence-corrected chi connectivity index (χ4v) is 4.00. The number of rotatable bonds is 8. The van der Waals surface area contributed by atoms with Crippen LogP contribution < -0.4 is 19.9 Å². The van der Waals surface area contributed by atoms with Crippen molar-refractivity contribution < 1.29 is 9.53 Å². The summed E-state index contributed by atoms with van der Waals surface area (Å²) in [5.74, 6) is 0.522. The Kier molecular flexibility index (Phi) is 7.94. The maximum atomic E-state index is 12.4. The van der Waals surface area contributed by atoms with Gasteiger partial charge in [0.1, 0.15) is 5.75 Å². The number of anilines is 2. The predicted molar refractivity (Wildman–Crippen MR) is 136 cm³/mol. The maximum absolute atomic E-state index is 12.4. The van der Waals surface area contributed by atoms with Crippen LogP contribution in [0.1, 0.15) is 25.0 Å². The Morgan fingerprint density at radius 1 is 1.06 bits per heavy atom. The number of nitrogens with one attached hydrogen (secondary N) is 1. The Labute approximate surface area is 193 Å². The molecule has 1 amide bonds. The first kappa shape index (κ1) is 23.4. The van der Waals surface area contributed by atoms with E-state index in [9.17, 15) is 4.79 Å². The number of benzene rings is 2. The predicted octanol–water partition coefficient (Wildman–Crippen LogP) is 4.20. The van der Waals surface area contributed by atoms with Crippen LogP contribution in [-0.4, -0.2) is 51.6 Å². The molecule has 0 aliphatic carbocycles. The summed E-state index contributed by atoms with van der Waals surface area (Å²) < 4.78 is 5.57. The molecule has 1 aliphatic heterocycles. The normalized spacial score (nSPS) is 16.1. The van der Waals surface area contributed by atoms with E-state index in [1.54, 1.807) is 13.3 Å². The number of hydrogen-bond acceptors (Lipinski definition) is 7. The van der Waals surface area contributed by atoms with E-state index in [1.165, 1.54) is 11.8 Å². The van der Waals surface area contributed by atoms with E-state index in [2.05, 4.69) is 34.3 Å². The van der Waals surface area contributed by atoms with Gasteiger partial charge in [-0.05, 0) is 61.5 Å². The topological polar surface area (TPSA) is 69.5 Å². The largest absolute Gasteiger partial charge is 0.496 e. The van der Waals surface area contributed by atoms with Gasteiger partial charge >= 0.3 is 0 Å². The van der Waals surface area contributed by atoms with Crippen LogP contribution in [0.3, 0.4) is 0 Å². The van der Waals surface area contributed by atoms with Gasteiger partial charge in [-0.25, -0.2) is 0 Å². The highest BCUT2D eigenvalue weighted by Gasteiger charge is 2.24.